The third kappa shape index (κ3) is 3.72. The number of carbonyl (C=O) groups is 1. The number of nitrogens with zero attached hydrogens (tertiary/aromatic N) is 3. The summed E-state index contributed by atoms with van der Waals surface area (Å²) in [5.41, 5.74) is 1.32. The largest absolute Gasteiger partial charge is 0.367 e. The summed E-state index contributed by atoms with van der Waals surface area (Å²) in [6.45, 7) is 4.39. The summed E-state index contributed by atoms with van der Waals surface area (Å²) in [5, 5.41) is 3.45. The number of aromatic nitrogens is 2. The van der Waals surface area contributed by atoms with Crippen LogP contribution < -0.4 is 10.2 Å². The molecule has 0 atom stereocenters. The van der Waals surface area contributed by atoms with Crippen LogP contribution in [0.5, 0.6) is 0 Å². The molecule has 24 heavy (non-hydrogen) atoms. The van der Waals surface area contributed by atoms with Gasteiger partial charge in [-0.2, -0.15) is 0 Å². The van der Waals surface area contributed by atoms with Crippen LogP contribution in [0.4, 0.5) is 11.5 Å². The number of rotatable bonds is 5. The minimum Gasteiger partial charge on any atom is -0.367 e. The highest BCUT2D eigenvalue weighted by molar-refractivity contribution is 6.05. The SMILES string of the molecule is CCN(C(=O)c1cc(NC2CCCC2)nc(C)n1)c1ccccc1. The fourth-order valence-corrected chi connectivity index (χ4v) is 3.22. The van der Waals surface area contributed by atoms with Crippen molar-refractivity contribution in [1.29, 1.82) is 0 Å². The first-order valence-electron chi connectivity index (χ1n) is 8.66. The average Bonchev–Trinajstić information content (AvgIpc) is 3.09. The zero-order valence-corrected chi connectivity index (χ0v) is 14.3. The molecule has 0 saturated heterocycles. The predicted molar refractivity (Wildman–Crippen MR) is 96.4 cm³/mol. The van der Waals surface area contributed by atoms with Crippen molar-refractivity contribution in [3.05, 3.63) is 47.9 Å². The molecule has 1 saturated carbocycles. The highest BCUT2D eigenvalue weighted by atomic mass is 16.2. The van der Waals surface area contributed by atoms with Gasteiger partial charge in [-0.05, 0) is 38.8 Å². The molecule has 5 heteroatoms. The van der Waals surface area contributed by atoms with Crippen LogP contribution in [0, 0.1) is 6.92 Å². The van der Waals surface area contributed by atoms with E-state index in [1.54, 1.807) is 11.0 Å². The molecule has 0 aliphatic heterocycles. The molecule has 1 amide bonds. The normalized spacial score (nSPS) is 14.6. The summed E-state index contributed by atoms with van der Waals surface area (Å²) in [6, 6.07) is 11.9. The van der Waals surface area contributed by atoms with E-state index in [4.69, 9.17) is 0 Å². The lowest BCUT2D eigenvalue weighted by molar-refractivity contribution is 0.0983. The molecule has 1 fully saturated rings. The molecule has 1 aliphatic rings. The van der Waals surface area contributed by atoms with Crippen molar-refractivity contribution in [2.45, 2.75) is 45.6 Å². The summed E-state index contributed by atoms with van der Waals surface area (Å²) in [6.07, 6.45) is 4.84. The lowest BCUT2D eigenvalue weighted by Gasteiger charge is -2.21. The quantitative estimate of drug-likeness (QED) is 0.908. The second-order valence-corrected chi connectivity index (χ2v) is 6.20. The Morgan fingerprint density at radius 2 is 1.92 bits per heavy atom. The Balaban J connectivity index is 1.84. The van der Waals surface area contributed by atoms with Gasteiger partial charge in [0.1, 0.15) is 17.3 Å². The van der Waals surface area contributed by atoms with Gasteiger partial charge < -0.3 is 10.2 Å². The lowest BCUT2D eigenvalue weighted by Crippen LogP contribution is -2.31. The van der Waals surface area contributed by atoms with Gasteiger partial charge in [-0.1, -0.05) is 31.0 Å². The summed E-state index contributed by atoms with van der Waals surface area (Å²) < 4.78 is 0. The monoisotopic (exact) mass is 324 g/mol. The smallest absolute Gasteiger partial charge is 0.277 e. The topological polar surface area (TPSA) is 58.1 Å². The minimum absolute atomic E-state index is 0.0938. The number of hydrogen-bond donors (Lipinski definition) is 1. The third-order valence-corrected chi connectivity index (χ3v) is 4.39. The molecule has 1 aromatic carbocycles. The van der Waals surface area contributed by atoms with E-state index in [-0.39, 0.29) is 5.91 Å². The molecule has 126 valence electrons. The van der Waals surface area contributed by atoms with Crippen molar-refractivity contribution in [3.8, 4) is 0 Å². The van der Waals surface area contributed by atoms with Crippen LogP contribution in [-0.4, -0.2) is 28.5 Å². The Bertz CT molecular complexity index is 696. The van der Waals surface area contributed by atoms with E-state index in [2.05, 4.69) is 15.3 Å². The van der Waals surface area contributed by atoms with E-state index in [1.165, 1.54) is 12.8 Å². The Hall–Kier alpha value is -2.43. The summed E-state index contributed by atoms with van der Waals surface area (Å²) >= 11 is 0. The van der Waals surface area contributed by atoms with E-state index in [1.807, 2.05) is 44.2 Å². The van der Waals surface area contributed by atoms with Gasteiger partial charge in [-0.15, -0.1) is 0 Å². The standard InChI is InChI=1S/C19H24N4O/c1-3-23(16-11-5-4-6-12-16)19(24)17-13-18(21-14(2)20-17)22-15-9-7-8-10-15/h4-6,11-13,15H,3,7-10H2,1-2H3,(H,20,21,22). The summed E-state index contributed by atoms with van der Waals surface area (Å²) in [5.74, 6) is 1.27. The van der Waals surface area contributed by atoms with E-state index in [9.17, 15) is 4.79 Å². The average molecular weight is 324 g/mol. The van der Waals surface area contributed by atoms with Crippen molar-refractivity contribution in [2.24, 2.45) is 0 Å². The van der Waals surface area contributed by atoms with Gasteiger partial charge in [-0.3, -0.25) is 4.79 Å². The maximum Gasteiger partial charge on any atom is 0.277 e. The zero-order chi connectivity index (χ0) is 16.9. The highest BCUT2D eigenvalue weighted by Crippen LogP contribution is 2.22. The molecule has 1 N–H and O–H groups in total. The molecule has 1 aliphatic carbocycles. The van der Waals surface area contributed by atoms with Gasteiger partial charge in [0.25, 0.3) is 5.91 Å². The van der Waals surface area contributed by atoms with E-state index >= 15 is 0 Å². The maximum atomic E-state index is 12.9. The van der Waals surface area contributed by atoms with Gasteiger partial charge in [0, 0.05) is 24.3 Å². The van der Waals surface area contributed by atoms with Gasteiger partial charge in [0.05, 0.1) is 0 Å². The first kappa shape index (κ1) is 16.4. The number of aryl methyl sites for hydroxylation is 1. The van der Waals surface area contributed by atoms with E-state index in [0.717, 1.165) is 24.3 Å². The fraction of sp³-hybridized carbons (Fsp3) is 0.421. The van der Waals surface area contributed by atoms with Crippen LogP contribution in [0.1, 0.15) is 48.9 Å². The maximum absolute atomic E-state index is 12.9. The molecular weight excluding hydrogens is 300 g/mol. The number of carbonyl (C=O) groups excluding carboxylic acids is 1. The number of amides is 1. The predicted octanol–water partition coefficient (Wildman–Crippen LogP) is 3.81. The second-order valence-electron chi connectivity index (χ2n) is 6.20. The Kier molecular flexibility index (Phi) is 5.08. The number of benzene rings is 1. The molecule has 5 nitrogen and oxygen atoms in total. The number of hydrogen-bond acceptors (Lipinski definition) is 4. The van der Waals surface area contributed by atoms with Crippen LogP contribution in [0.2, 0.25) is 0 Å². The van der Waals surface area contributed by atoms with Crippen LogP contribution >= 0.6 is 0 Å². The zero-order valence-electron chi connectivity index (χ0n) is 14.3. The first-order chi connectivity index (χ1) is 11.7. The molecule has 0 spiro atoms. The van der Waals surface area contributed by atoms with Crippen molar-refractivity contribution < 1.29 is 4.79 Å². The molecule has 0 unspecified atom stereocenters. The summed E-state index contributed by atoms with van der Waals surface area (Å²) in [7, 11) is 0. The molecule has 0 radical (unpaired) electrons. The number of nitrogens with one attached hydrogen (secondary N) is 1. The van der Waals surface area contributed by atoms with Gasteiger partial charge >= 0.3 is 0 Å². The Morgan fingerprint density at radius 3 is 2.58 bits per heavy atom. The third-order valence-electron chi connectivity index (χ3n) is 4.39. The molecule has 3 rings (SSSR count). The van der Waals surface area contributed by atoms with Crippen molar-refractivity contribution in [2.75, 3.05) is 16.8 Å². The molecule has 2 aromatic rings. The van der Waals surface area contributed by atoms with Gasteiger partial charge in [0.15, 0.2) is 0 Å². The summed E-state index contributed by atoms with van der Waals surface area (Å²) in [4.78, 5) is 23.5. The highest BCUT2D eigenvalue weighted by Gasteiger charge is 2.20. The van der Waals surface area contributed by atoms with Crippen molar-refractivity contribution in [3.63, 3.8) is 0 Å². The molecular formula is C19H24N4O. The lowest BCUT2D eigenvalue weighted by atomic mass is 10.2. The fourth-order valence-electron chi connectivity index (χ4n) is 3.22. The molecule has 0 bridgehead atoms. The minimum atomic E-state index is -0.0938. The Labute approximate surface area is 143 Å². The van der Waals surface area contributed by atoms with Gasteiger partial charge in [-0.25, -0.2) is 9.97 Å². The number of anilines is 2. The second kappa shape index (κ2) is 7.43. The number of para-hydroxylation sites is 1. The molecule has 1 heterocycles. The van der Waals surface area contributed by atoms with Gasteiger partial charge in [0.2, 0.25) is 0 Å². The first-order valence-corrected chi connectivity index (χ1v) is 8.66. The van der Waals surface area contributed by atoms with Crippen molar-refractivity contribution >= 4 is 17.4 Å². The molecule has 1 aromatic heterocycles. The van der Waals surface area contributed by atoms with E-state index in [0.29, 0.717) is 24.1 Å². The Morgan fingerprint density at radius 1 is 1.21 bits per heavy atom. The van der Waals surface area contributed by atoms with Crippen LogP contribution in [0.15, 0.2) is 36.4 Å². The van der Waals surface area contributed by atoms with Crippen molar-refractivity contribution in [1.82, 2.24) is 9.97 Å². The van der Waals surface area contributed by atoms with Crippen LogP contribution in [-0.2, 0) is 0 Å². The van der Waals surface area contributed by atoms with Crippen LogP contribution in [0.3, 0.4) is 0 Å². The van der Waals surface area contributed by atoms with E-state index < -0.39 is 0 Å². The van der Waals surface area contributed by atoms with Crippen LogP contribution in [0.25, 0.3) is 0 Å².